The Kier molecular flexibility index (Phi) is 2.98. The van der Waals surface area contributed by atoms with Crippen molar-refractivity contribution in [2.75, 3.05) is 39.4 Å². The molecule has 2 fully saturated rings. The molecule has 0 spiro atoms. The zero-order chi connectivity index (χ0) is 8.23. The fourth-order valence-electron chi connectivity index (χ4n) is 2.04. The average Bonchev–Trinajstić information content (AvgIpc) is 2.48. The summed E-state index contributed by atoms with van der Waals surface area (Å²) in [6, 6.07) is 0.713. The Hall–Kier alpha value is -0.120. The predicted octanol–water partition coefficient (Wildman–Crippen LogP) is 0.0706. The summed E-state index contributed by atoms with van der Waals surface area (Å²) in [5.41, 5.74) is 0. The highest BCUT2D eigenvalue weighted by Crippen LogP contribution is 2.12. The lowest BCUT2D eigenvalue weighted by Gasteiger charge is -2.25. The van der Waals surface area contributed by atoms with E-state index < -0.39 is 0 Å². The maximum absolute atomic E-state index is 5.39. The van der Waals surface area contributed by atoms with E-state index >= 15 is 0 Å². The van der Waals surface area contributed by atoms with E-state index in [-0.39, 0.29) is 0 Å². The van der Waals surface area contributed by atoms with Gasteiger partial charge in [-0.3, -0.25) is 4.90 Å². The molecule has 1 N–H and O–H groups in total. The van der Waals surface area contributed by atoms with E-state index in [0.717, 1.165) is 19.8 Å². The maximum Gasteiger partial charge on any atom is 0.0622 e. The lowest BCUT2D eigenvalue weighted by atomic mass is 10.2. The van der Waals surface area contributed by atoms with Gasteiger partial charge in [0.15, 0.2) is 0 Å². The SMILES string of the molecule is C1CNCCN(C2CCOC2)C1. The molecule has 0 aromatic rings. The maximum atomic E-state index is 5.39. The Bertz CT molecular complexity index is 126. The van der Waals surface area contributed by atoms with Crippen LogP contribution in [-0.2, 0) is 4.74 Å². The van der Waals surface area contributed by atoms with Gasteiger partial charge in [0.1, 0.15) is 0 Å². The van der Waals surface area contributed by atoms with Crippen LogP contribution in [0.3, 0.4) is 0 Å². The Morgan fingerprint density at radius 3 is 3.08 bits per heavy atom. The van der Waals surface area contributed by atoms with Crippen LogP contribution in [0.5, 0.6) is 0 Å². The Labute approximate surface area is 74.1 Å². The molecule has 2 aliphatic heterocycles. The largest absolute Gasteiger partial charge is 0.380 e. The molecule has 0 bridgehead atoms. The molecule has 3 heteroatoms. The van der Waals surface area contributed by atoms with Gasteiger partial charge in [-0.25, -0.2) is 0 Å². The normalized spacial score (nSPS) is 33.5. The molecule has 0 aromatic heterocycles. The van der Waals surface area contributed by atoms with Crippen molar-refractivity contribution < 1.29 is 4.74 Å². The minimum absolute atomic E-state index is 0.713. The number of ether oxygens (including phenoxy) is 1. The van der Waals surface area contributed by atoms with E-state index in [1.54, 1.807) is 0 Å². The summed E-state index contributed by atoms with van der Waals surface area (Å²) < 4.78 is 5.39. The van der Waals surface area contributed by atoms with Crippen molar-refractivity contribution in [1.82, 2.24) is 10.2 Å². The molecule has 2 aliphatic rings. The molecule has 0 aromatic carbocycles. The lowest BCUT2D eigenvalue weighted by Crippen LogP contribution is -2.38. The Morgan fingerprint density at radius 2 is 2.25 bits per heavy atom. The number of nitrogens with one attached hydrogen (secondary N) is 1. The first-order valence-corrected chi connectivity index (χ1v) is 4.99. The Balaban J connectivity index is 1.83. The van der Waals surface area contributed by atoms with Crippen molar-refractivity contribution in [1.29, 1.82) is 0 Å². The highest BCUT2D eigenvalue weighted by atomic mass is 16.5. The van der Waals surface area contributed by atoms with Gasteiger partial charge in [-0.2, -0.15) is 0 Å². The number of nitrogens with zero attached hydrogens (tertiary/aromatic N) is 1. The van der Waals surface area contributed by atoms with Gasteiger partial charge in [-0.15, -0.1) is 0 Å². The van der Waals surface area contributed by atoms with Crippen molar-refractivity contribution in [2.45, 2.75) is 18.9 Å². The van der Waals surface area contributed by atoms with Crippen LogP contribution in [-0.4, -0.2) is 50.3 Å². The molecule has 1 atom stereocenters. The summed E-state index contributed by atoms with van der Waals surface area (Å²) >= 11 is 0. The van der Waals surface area contributed by atoms with Crippen molar-refractivity contribution in [3.63, 3.8) is 0 Å². The fourth-order valence-corrected chi connectivity index (χ4v) is 2.04. The molecule has 2 saturated heterocycles. The van der Waals surface area contributed by atoms with Crippen molar-refractivity contribution in [2.24, 2.45) is 0 Å². The van der Waals surface area contributed by atoms with Crippen molar-refractivity contribution in [3.8, 4) is 0 Å². The summed E-state index contributed by atoms with van der Waals surface area (Å²) in [6.07, 6.45) is 2.52. The van der Waals surface area contributed by atoms with E-state index in [2.05, 4.69) is 10.2 Å². The summed E-state index contributed by atoms with van der Waals surface area (Å²) in [4.78, 5) is 2.58. The first kappa shape index (κ1) is 8.48. The summed E-state index contributed by atoms with van der Waals surface area (Å²) in [6.45, 7) is 6.71. The van der Waals surface area contributed by atoms with Crippen LogP contribution >= 0.6 is 0 Å². The Morgan fingerprint density at radius 1 is 1.25 bits per heavy atom. The van der Waals surface area contributed by atoms with E-state index in [0.29, 0.717) is 6.04 Å². The van der Waals surface area contributed by atoms with E-state index in [9.17, 15) is 0 Å². The number of hydrogen-bond acceptors (Lipinski definition) is 3. The highest BCUT2D eigenvalue weighted by molar-refractivity contribution is 4.77. The van der Waals surface area contributed by atoms with Gasteiger partial charge in [-0.1, -0.05) is 0 Å². The highest BCUT2D eigenvalue weighted by Gasteiger charge is 2.23. The van der Waals surface area contributed by atoms with Crippen LogP contribution in [0.4, 0.5) is 0 Å². The minimum atomic E-state index is 0.713. The number of hydrogen-bond donors (Lipinski definition) is 1. The van der Waals surface area contributed by atoms with E-state index in [4.69, 9.17) is 4.74 Å². The van der Waals surface area contributed by atoms with Gasteiger partial charge < -0.3 is 10.1 Å². The van der Waals surface area contributed by atoms with Crippen molar-refractivity contribution >= 4 is 0 Å². The standard InChI is InChI=1S/C9H18N2O/c1-3-10-4-6-11(5-1)9-2-7-12-8-9/h9-10H,1-8H2. The zero-order valence-corrected chi connectivity index (χ0v) is 7.59. The van der Waals surface area contributed by atoms with Gasteiger partial charge >= 0.3 is 0 Å². The first-order valence-electron chi connectivity index (χ1n) is 4.99. The molecule has 70 valence electrons. The molecule has 12 heavy (non-hydrogen) atoms. The molecular weight excluding hydrogens is 152 g/mol. The molecule has 1 unspecified atom stereocenters. The molecular formula is C9H18N2O. The van der Waals surface area contributed by atoms with Gasteiger partial charge in [0, 0.05) is 25.7 Å². The monoisotopic (exact) mass is 170 g/mol. The van der Waals surface area contributed by atoms with E-state index in [1.165, 1.54) is 32.5 Å². The smallest absolute Gasteiger partial charge is 0.0622 e. The van der Waals surface area contributed by atoms with Crippen molar-refractivity contribution in [3.05, 3.63) is 0 Å². The molecule has 0 amide bonds. The summed E-state index contributed by atoms with van der Waals surface area (Å²) in [5.74, 6) is 0. The van der Waals surface area contributed by atoms with Crippen LogP contribution in [0.15, 0.2) is 0 Å². The van der Waals surface area contributed by atoms with Crippen LogP contribution in [0.25, 0.3) is 0 Å². The van der Waals surface area contributed by atoms with Crippen LogP contribution in [0.2, 0.25) is 0 Å². The second kappa shape index (κ2) is 4.21. The van der Waals surface area contributed by atoms with Crippen LogP contribution < -0.4 is 5.32 Å². The minimum Gasteiger partial charge on any atom is -0.380 e. The second-order valence-corrected chi connectivity index (χ2v) is 3.66. The average molecular weight is 170 g/mol. The number of rotatable bonds is 1. The van der Waals surface area contributed by atoms with Gasteiger partial charge in [0.25, 0.3) is 0 Å². The van der Waals surface area contributed by atoms with Crippen LogP contribution in [0, 0.1) is 0 Å². The van der Waals surface area contributed by atoms with E-state index in [1.807, 2.05) is 0 Å². The van der Waals surface area contributed by atoms with Gasteiger partial charge in [0.05, 0.1) is 6.61 Å². The molecule has 0 radical (unpaired) electrons. The van der Waals surface area contributed by atoms with Gasteiger partial charge in [0.2, 0.25) is 0 Å². The second-order valence-electron chi connectivity index (χ2n) is 3.66. The molecule has 3 nitrogen and oxygen atoms in total. The van der Waals surface area contributed by atoms with Gasteiger partial charge in [-0.05, 0) is 25.9 Å². The molecule has 0 aliphatic carbocycles. The predicted molar refractivity (Wildman–Crippen MR) is 48.3 cm³/mol. The zero-order valence-electron chi connectivity index (χ0n) is 7.59. The summed E-state index contributed by atoms with van der Waals surface area (Å²) in [5, 5.41) is 3.42. The third kappa shape index (κ3) is 1.97. The fraction of sp³-hybridized carbons (Fsp3) is 1.00. The first-order chi connectivity index (χ1) is 5.97. The molecule has 2 heterocycles. The molecule has 0 saturated carbocycles. The lowest BCUT2D eigenvalue weighted by molar-refractivity contribution is 0.148. The van der Waals surface area contributed by atoms with Crippen LogP contribution in [0.1, 0.15) is 12.8 Å². The topological polar surface area (TPSA) is 24.5 Å². The third-order valence-electron chi connectivity index (χ3n) is 2.80. The summed E-state index contributed by atoms with van der Waals surface area (Å²) in [7, 11) is 0. The molecule has 2 rings (SSSR count). The quantitative estimate of drug-likeness (QED) is 0.603. The third-order valence-corrected chi connectivity index (χ3v) is 2.80.